The van der Waals surface area contributed by atoms with Crippen LogP contribution in [0.5, 0.6) is 0 Å². The summed E-state index contributed by atoms with van der Waals surface area (Å²) < 4.78 is 121. The van der Waals surface area contributed by atoms with E-state index in [0.717, 1.165) is 58.0 Å². The van der Waals surface area contributed by atoms with Crippen molar-refractivity contribution in [3.05, 3.63) is 118 Å². The third-order valence-corrected chi connectivity index (χ3v) is 16.5. The highest BCUT2D eigenvalue weighted by molar-refractivity contribution is 7.87. The van der Waals surface area contributed by atoms with E-state index in [-0.39, 0.29) is 71.0 Å². The van der Waals surface area contributed by atoms with Gasteiger partial charge in [-0.05, 0) is 79.7 Å². The number of amides is 1. The lowest BCUT2D eigenvalue weighted by Gasteiger charge is -2.16. The number of benzene rings is 5. The molecule has 0 aliphatic rings. The van der Waals surface area contributed by atoms with E-state index in [2.05, 4.69) is 65.0 Å². The number of thiazole rings is 1. The topological polar surface area (TPSA) is 369 Å². The molecule has 5 aromatic carbocycles. The van der Waals surface area contributed by atoms with Gasteiger partial charge < -0.3 is 16.0 Å². The molecular weight excluding hydrogens is 1080 g/mol. The number of carbonyl (C=O) groups is 1. The summed E-state index contributed by atoms with van der Waals surface area (Å²) in [4.78, 5) is 30.3. The van der Waals surface area contributed by atoms with Crippen molar-refractivity contribution in [1.29, 1.82) is 5.26 Å². The van der Waals surface area contributed by atoms with Crippen LogP contribution in [0.25, 0.3) is 22.0 Å². The second-order valence-electron chi connectivity index (χ2n) is 15.1. The van der Waals surface area contributed by atoms with Crippen molar-refractivity contribution in [2.45, 2.75) is 33.4 Å². The SMILES string of the molecule is COS(=O)(=O)c1ccc(Nc2nc(Nc3ccc(S(=O)(=O)OC)cc3)c(N=Nc3nc(-c4ccc(NC(C)=O)cc4)c(N=Nc4cc(S(=O)(=O)OC)c5cc([N+](=O)[O-])cc(S(=O)(=O)OC)c5c4)s3)c(C)c2C#N)cc1. The second-order valence-corrected chi connectivity index (χ2v) is 22.8. The number of rotatable bonds is 19. The molecule has 2 aromatic heterocycles. The molecule has 7 aromatic rings. The smallest absolute Gasteiger partial charge is 0.297 e. The van der Waals surface area contributed by atoms with Gasteiger partial charge in [-0.15, -0.1) is 20.5 Å². The molecule has 31 heteroatoms. The molecule has 388 valence electrons. The van der Waals surface area contributed by atoms with Crippen LogP contribution in [0.1, 0.15) is 18.1 Å². The van der Waals surface area contributed by atoms with Gasteiger partial charge in [0.1, 0.15) is 27.2 Å². The monoisotopic (exact) mass is 1120 g/mol. The Morgan fingerprint density at radius 1 is 0.653 bits per heavy atom. The Balaban J connectivity index is 1.38. The summed E-state index contributed by atoms with van der Waals surface area (Å²) in [6.07, 6.45) is 0. The Morgan fingerprint density at radius 3 is 1.67 bits per heavy atom. The van der Waals surface area contributed by atoms with Gasteiger partial charge in [-0.1, -0.05) is 23.5 Å². The van der Waals surface area contributed by atoms with E-state index in [1.807, 2.05) is 0 Å². The Bertz CT molecular complexity index is 4000. The van der Waals surface area contributed by atoms with Gasteiger partial charge in [0.05, 0.1) is 54.4 Å². The molecule has 75 heavy (non-hydrogen) atoms. The normalized spacial score (nSPS) is 12.3. The lowest BCUT2D eigenvalue weighted by molar-refractivity contribution is -0.384. The van der Waals surface area contributed by atoms with Crippen LogP contribution in [-0.4, -0.2) is 82.9 Å². The van der Waals surface area contributed by atoms with E-state index >= 15 is 0 Å². The highest BCUT2D eigenvalue weighted by Gasteiger charge is 2.28. The highest BCUT2D eigenvalue weighted by atomic mass is 32.2. The Kier molecular flexibility index (Phi) is 15.9. The maximum Gasteiger partial charge on any atom is 0.297 e. The number of pyridine rings is 1. The molecule has 3 N–H and O–H groups in total. The summed E-state index contributed by atoms with van der Waals surface area (Å²) in [7, 11) is -13.9. The van der Waals surface area contributed by atoms with Gasteiger partial charge in [0.25, 0.3) is 46.2 Å². The number of nitro groups is 1. The van der Waals surface area contributed by atoms with Crippen molar-refractivity contribution in [3.8, 4) is 17.3 Å². The Hall–Kier alpha value is -8.06. The molecule has 0 aliphatic heterocycles. The number of carbonyl (C=O) groups excluding carboxylic acids is 1. The van der Waals surface area contributed by atoms with E-state index in [0.29, 0.717) is 28.7 Å². The van der Waals surface area contributed by atoms with E-state index in [9.17, 15) is 53.8 Å². The minimum atomic E-state index is -4.72. The number of non-ortho nitro benzene ring substituents is 1. The van der Waals surface area contributed by atoms with Gasteiger partial charge in [-0.2, -0.15) is 38.9 Å². The fraction of sp³-hybridized carbons (Fsp3) is 0.136. The zero-order chi connectivity index (χ0) is 54.6. The number of nitrogens with zero attached hydrogens (tertiary/aromatic N) is 8. The predicted octanol–water partition coefficient (Wildman–Crippen LogP) is 9.06. The first-order valence-corrected chi connectivity index (χ1v) is 27.3. The van der Waals surface area contributed by atoms with Gasteiger partial charge >= 0.3 is 0 Å². The number of azo groups is 2. The van der Waals surface area contributed by atoms with Crippen LogP contribution in [0.2, 0.25) is 0 Å². The summed E-state index contributed by atoms with van der Waals surface area (Å²) in [5.41, 5.74) is 0.666. The van der Waals surface area contributed by atoms with Gasteiger partial charge in [-0.25, -0.2) is 9.97 Å². The van der Waals surface area contributed by atoms with Gasteiger partial charge in [0, 0.05) is 58.0 Å². The van der Waals surface area contributed by atoms with Crippen LogP contribution in [0, 0.1) is 28.4 Å². The number of nitro benzene ring substituents is 1. The molecule has 0 fully saturated rings. The first kappa shape index (κ1) is 54.7. The van der Waals surface area contributed by atoms with Gasteiger partial charge in [-0.3, -0.25) is 31.6 Å². The van der Waals surface area contributed by atoms with Gasteiger partial charge in [0.15, 0.2) is 16.6 Å². The molecule has 0 radical (unpaired) electrons. The fourth-order valence-corrected chi connectivity index (χ4v) is 10.7. The summed E-state index contributed by atoms with van der Waals surface area (Å²) in [5, 5.41) is 47.6. The molecule has 0 atom stereocenters. The fourth-order valence-electron chi connectivity index (χ4n) is 6.84. The lowest BCUT2D eigenvalue weighted by Crippen LogP contribution is -2.08. The zero-order valence-corrected chi connectivity index (χ0v) is 43.6. The van der Waals surface area contributed by atoms with Crippen molar-refractivity contribution in [1.82, 2.24) is 9.97 Å². The summed E-state index contributed by atoms with van der Waals surface area (Å²) >= 11 is 0.809. The summed E-state index contributed by atoms with van der Waals surface area (Å²) in [6, 6.07) is 22.8. The van der Waals surface area contributed by atoms with E-state index in [1.54, 1.807) is 31.2 Å². The first-order valence-electron chi connectivity index (χ1n) is 20.8. The number of fused-ring (bicyclic) bond motifs is 1. The molecule has 0 spiro atoms. The van der Waals surface area contributed by atoms with Crippen LogP contribution in [-0.2, 0) is 62.0 Å². The largest absolute Gasteiger partial charge is 0.339 e. The third-order valence-electron chi connectivity index (χ3n) is 10.5. The number of aromatic nitrogens is 2. The molecule has 0 unspecified atom stereocenters. The average molecular weight is 1120 g/mol. The summed E-state index contributed by atoms with van der Waals surface area (Å²) in [6.45, 7) is 2.86. The first-order chi connectivity index (χ1) is 35.4. The Labute approximate surface area is 431 Å². The molecule has 0 saturated heterocycles. The molecule has 2 heterocycles. The van der Waals surface area contributed by atoms with Crippen molar-refractivity contribution in [2.24, 2.45) is 20.5 Å². The second kappa shape index (κ2) is 21.8. The predicted molar refractivity (Wildman–Crippen MR) is 271 cm³/mol. The molecule has 0 aliphatic carbocycles. The van der Waals surface area contributed by atoms with E-state index in [1.165, 1.54) is 55.5 Å². The third kappa shape index (κ3) is 12.0. The van der Waals surface area contributed by atoms with Crippen LogP contribution < -0.4 is 16.0 Å². The molecule has 0 saturated carbocycles. The van der Waals surface area contributed by atoms with Crippen molar-refractivity contribution in [2.75, 3.05) is 44.4 Å². The Morgan fingerprint density at radius 2 is 1.16 bits per heavy atom. The van der Waals surface area contributed by atoms with Crippen LogP contribution in [0.3, 0.4) is 0 Å². The molecule has 1 amide bonds. The maximum atomic E-state index is 13.3. The quantitative estimate of drug-likeness (QED) is 0.0294. The van der Waals surface area contributed by atoms with Crippen LogP contribution >= 0.6 is 11.3 Å². The summed E-state index contributed by atoms with van der Waals surface area (Å²) in [5.74, 6) is -0.385. The highest BCUT2D eigenvalue weighted by Crippen LogP contribution is 2.44. The average Bonchev–Trinajstić information content (AvgIpc) is 3.80. The minimum absolute atomic E-state index is 0.0142. The molecular formula is C44H37N11O15S5. The number of nitrogens with one attached hydrogen (secondary N) is 3. The van der Waals surface area contributed by atoms with Crippen molar-refractivity contribution in [3.63, 3.8) is 0 Å². The standard InChI is InChI=1S/C44H37N11O15S5/c1-24-36(23-45)41(47-28-11-15-32(16-12-28)72(59,60)67-3)50-42(48-29-13-17-33(18-14-29)73(61,62)68-4)39(24)52-54-44-49-40(26-7-9-27(10-8-26)46-25(2)56)43(71-44)53-51-30-19-34-35(37(20-30)74(63,64)69-5)21-31(55(57)58)22-38(34)75(65,66)70-6/h7-22H,1-6H3,(H,46,56)(H2,47,48,50). The van der Waals surface area contributed by atoms with Crippen LogP contribution in [0.4, 0.5) is 55.9 Å². The number of hydrogen-bond donors (Lipinski definition) is 3. The number of nitriles is 1. The van der Waals surface area contributed by atoms with E-state index < -0.39 is 66.3 Å². The lowest BCUT2D eigenvalue weighted by atomic mass is 10.1. The molecule has 7 rings (SSSR count). The van der Waals surface area contributed by atoms with Crippen molar-refractivity contribution < 1.29 is 60.1 Å². The zero-order valence-electron chi connectivity index (χ0n) is 39.5. The van der Waals surface area contributed by atoms with Crippen LogP contribution in [0.15, 0.2) is 137 Å². The van der Waals surface area contributed by atoms with Gasteiger partial charge in [0.2, 0.25) is 11.0 Å². The minimum Gasteiger partial charge on any atom is -0.339 e. The number of anilines is 5. The maximum absolute atomic E-state index is 13.3. The molecule has 26 nitrogen and oxygen atoms in total. The van der Waals surface area contributed by atoms with Crippen molar-refractivity contribution >= 4 is 124 Å². The van der Waals surface area contributed by atoms with E-state index in [4.69, 9.17) is 4.18 Å². The molecule has 0 bridgehead atoms. The number of hydrogen-bond acceptors (Lipinski definition) is 25.